The molecule has 0 aliphatic carbocycles. The van der Waals surface area contributed by atoms with E-state index in [0.29, 0.717) is 17.3 Å². The maximum absolute atomic E-state index is 10.9. The molecule has 116 valence electrons. The highest BCUT2D eigenvalue weighted by atomic mass is 32.2. The van der Waals surface area contributed by atoms with Gasteiger partial charge in [-0.1, -0.05) is 5.87 Å². The molecule has 0 saturated carbocycles. The second-order valence-electron chi connectivity index (χ2n) is 4.96. The van der Waals surface area contributed by atoms with E-state index >= 15 is 0 Å². The van der Waals surface area contributed by atoms with Crippen LogP contribution in [-0.4, -0.2) is 33.4 Å². The third-order valence-corrected chi connectivity index (χ3v) is 4.38. The lowest BCUT2D eigenvalue weighted by molar-refractivity contribution is 0.0697. The molecule has 2 aromatic carbocycles. The maximum atomic E-state index is 10.9. The summed E-state index contributed by atoms with van der Waals surface area (Å²) in [5, 5.41) is 17.0. The summed E-state index contributed by atoms with van der Waals surface area (Å²) >= 11 is 0. The van der Waals surface area contributed by atoms with Crippen molar-refractivity contribution < 1.29 is 14.3 Å². The van der Waals surface area contributed by atoms with Crippen molar-refractivity contribution in [3.05, 3.63) is 54.1 Å². The van der Waals surface area contributed by atoms with E-state index in [1.165, 1.54) is 12.1 Å². The van der Waals surface area contributed by atoms with Crippen LogP contribution in [0.4, 0.5) is 0 Å². The van der Waals surface area contributed by atoms with E-state index in [0.717, 1.165) is 10.5 Å². The van der Waals surface area contributed by atoms with Crippen molar-refractivity contribution in [2.75, 3.05) is 6.26 Å². The van der Waals surface area contributed by atoms with Crippen LogP contribution >= 0.6 is 10.5 Å². The zero-order chi connectivity index (χ0) is 16.4. The van der Waals surface area contributed by atoms with Crippen LogP contribution in [-0.2, 0) is 0 Å². The van der Waals surface area contributed by atoms with E-state index in [1.54, 1.807) is 12.1 Å². The van der Waals surface area contributed by atoms with E-state index < -0.39 is 5.97 Å². The molecule has 23 heavy (non-hydrogen) atoms. The van der Waals surface area contributed by atoms with Gasteiger partial charge in [0, 0.05) is 16.0 Å². The number of aromatic nitrogens is 2. The Kier molecular flexibility index (Phi) is 4.08. The van der Waals surface area contributed by atoms with Crippen molar-refractivity contribution in [2.45, 2.75) is 4.90 Å². The molecule has 1 N–H and O–H groups in total. The lowest BCUT2D eigenvalue weighted by Gasteiger charge is -2.01. The molecular formula is C17H14N2O3S. The molecule has 0 saturated heterocycles. The van der Waals surface area contributed by atoms with Crippen LogP contribution in [0.25, 0.3) is 22.9 Å². The van der Waals surface area contributed by atoms with Gasteiger partial charge in [-0.15, -0.1) is 10.2 Å². The number of rotatable bonds is 4. The zero-order valence-corrected chi connectivity index (χ0v) is 13.2. The smallest absolute Gasteiger partial charge is 0.335 e. The van der Waals surface area contributed by atoms with Gasteiger partial charge >= 0.3 is 5.97 Å². The Morgan fingerprint density at radius 1 is 1.00 bits per heavy atom. The van der Waals surface area contributed by atoms with Crippen LogP contribution in [0.15, 0.2) is 57.8 Å². The second-order valence-corrected chi connectivity index (χ2v) is 6.70. The first-order chi connectivity index (χ1) is 11.0. The van der Waals surface area contributed by atoms with Crippen molar-refractivity contribution in [1.82, 2.24) is 10.2 Å². The molecule has 0 amide bonds. The highest BCUT2D eigenvalue weighted by Crippen LogP contribution is 2.27. The Bertz CT molecular complexity index is 796. The minimum Gasteiger partial charge on any atom is -0.478 e. The average molecular weight is 326 g/mol. The van der Waals surface area contributed by atoms with Crippen LogP contribution in [0, 0.1) is 0 Å². The quantitative estimate of drug-likeness (QED) is 0.738. The number of carboxylic acid groups (broad SMARTS) is 1. The van der Waals surface area contributed by atoms with Crippen LogP contribution in [0.1, 0.15) is 10.4 Å². The van der Waals surface area contributed by atoms with E-state index in [2.05, 4.69) is 22.3 Å². The first kappa shape index (κ1) is 15.2. The van der Waals surface area contributed by atoms with Crippen LogP contribution in [0.2, 0.25) is 0 Å². The highest BCUT2D eigenvalue weighted by molar-refractivity contribution is 8.13. The van der Waals surface area contributed by atoms with Gasteiger partial charge in [0.2, 0.25) is 11.8 Å². The van der Waals surface area contributed by atoms with Gasteiger partial charge in [-0.3, -0.25) is 0 Å². The minimum absolute atomic E-state index is 0.0389. The molecule has 0 bridgehead atoms. The largest absolute Gasteiger partial charge is 0.478 e. The fourth-order valence-electron chi connectivity index (χ4n) is 2.04. The van der Waals surface area contributed by atoms with E-state index in [4.69, 9.17) is 9.52 Å². The molecule has 0 aliphatic rings. The van der Waals surface area contributed by atoms with Crippen LogP contribution < -0.4 is 0 Å². The molecule has 5 nitrogen and oxygen atoms in total. The molecule has 3 rings (SSSR count). The fraction of sp³-hybridized carbons (Fsp3) is 0.0588. The predicted molar refractivity (Wildman–Crippen MR) is 91.0 cm³/mol. The lowest BCUT2D eigenvalue weighted by Crippen LogP contribution is -1.94. The van der Waals surface area contributed by atoms with Gasteiger partial charge in [0.25, 0.3) is 0 Å². The molecular weight excluding hydrogens is 312 g/mol. The normalized spacial score (nSPS) is 12.0. The van der Waals surface area contributed by atoms with Gasteiger partial charge in [-0.05, 0) is 54.8 Å². The van der Waals surface area contributed by atoms with Crippen molar-refractivity contribution in [3.8, 4) is 22.9 Å². The third-order valence-electron chi connectivity index (χ3n) is 3.31. The molecule has 0 spiro atoms. The number of nitrogens with zero attached hydrogens (tertiary/aromatic N) is 2. The molecule has 3 aromatic rings. The molecule has 0 fully saturated rings. The van der Waals surface area contributed by atoms with Crippen LogP contribution in [0.3, 0.4) is 0 Å². The van der Waals surface area contributed by atoms with Gasteiger partial charge in [0.1, 0.15) is 0 Å². The van der Waals surface area contributed by atoms with Crippen molar-refractivity contribution in [1.29, 1.82) is 0 Å². The summed E-state index contributed by atoms with van der Waals surface area (Å²) in [5.41, 5.74) is 1.73. The molecule has 1 heterocycles. The predicted octanol–water partition coefficient (Wildman–Crippen LogP) is 3.79. The Morgan fingerprint density at radius 3 is 1.91 bits per heavy atom. The lowest BCUT2D eigenvalue weighted by atomic mass is 10.1. The van der Waals surface area contributed by atoms with E-state index in [-0.39, 0.29) is 16.0 Å². The number of carboxylic acids is 1. The Labute approximate surface area is 135 Å². The standard InChI is InChI=1S/C17H14N2O3S/c1-23(2)14-9-7-12(8-10-14)16-19-18-15(22-16)11-3-5-13(6-4-11)17(20)21/h3-10H,1H2,2H3,(H,20,21). The number of benzene rings is 2. The van der Waals surface area contributed by atoms with Crippen molar-refractivity contribution in [2.24, 2.45) is 0 Å². The fourth-order valence-corrected chi connectivity index (χ4v) is 2.64. The van der Waals surface area contributed by atoms with Gasteiger partial charge in [-0.2, -0.15) is 10.5 Å². The minimum atomic E-state index is -0.969. The Morgan fingerprint density at radius 2 is 1.48 bits per heavy atom. The Hall–Kier alpha value is -2.73. The first-order valence-corrected chi connectivity index (χ1v) is 8.58. The molecule has 0 radical (unpaired) electrons. The molecule has 6 heteroatoms. The van der Waals surface area contributed by atoms with Crippen molar-refractivity contribution >= 4 is 22.3 Å². The number of hydrogen-bond acceptors (Lipinski definition) is 4. The number of hydrogen-bond donors (Lipinski definition) is 1. The van der Waals surface area contributed by atoms with E-state index in [1.807, 2.05) is 24.3 Å². The maximum Gasteiger partial charge on any atom is 0.335 e. The molecule has 1 atom stereocenters. The monoisotopic (exact) mass is 326 g/mol. The summed E-state index contributed by atoms with van der Waals surface area (Å²) in [6, 6.07) is 14.2. The van der Waals surface area contributed by atoms with E-state index in [9.17, 15) is 4.79 Å². The zero-order valence-electron chi connectivity index (χ0n) is 12.4. The SMILES string of the molecule is C=S(C)c1ccc(-c2nnc(-c3ccc(C(=O)O)cc3)o2)cc1. The number of carbonyl (C=O) groups is 1. The summed E-state index contributed by atoms with van der Waals surface area (Å²) in [7, 11) is -0.0389. The summed E-state index contributed by atoms with van der Waals surface area (Å²) in [4.78, 5) is 12.0. The average Bonchev–Trinajstić information content (AvgIpc) is 3.05. The van der Waals surface area contributed by atoms with Crippen LogP contribution in [0.5, 0.6) is 0 Å². The van der Waals surface area contributed by atoms with Gasteiger partial charge < -0.3 is 9.52 Å². The van der Waals surface area contributed by atoms with Gasteiger partial charge in [0.05, 0.1) is 5.56 Å². The van der Waals surface area contributed by atoms with Crippen molar-refractivity contribution in [3.63, 3.8) is 0 Å². The summed E-state index contributed by atoms with van der Waals surface area (Å²) in [6.45, 7) is 0. The van der Waals surface area contributed by atoms with Gasteiger partial charge in [0.15, 0.2) is 0 Å². The second kappa shape index (κ2) is 6.18. The highest BCUT2D eigenvalue weighted by Gasteiger charge is 2.11. The molecule has 1 aromatic heterocycles. The van der Waals surface area contributed by atoms with Gasteiger partial charge in [-0.25, -0.2) is 4.79 Å². The summed E-state index contributed by atoms with van der Waals surface area (Å²) < 4.78 is 5.67. The Balaban J connectivity index is 1.87. The third kappa shape index (κ3) is 3.22. The first-order valence-electron chi connectivity index (χ1n) is 6.78. The molecule has 0 aliphatic heterocycles. The molecule has 1 unspecified atom stereocenters. The summed E-state index contributed by atoms with van der Waals surface area (Å²) in [5.74, 6) is 3.82. The topological polar surface area (TPSA) is 76.2 Å². The number of aromatic carboxylic acids is 1. The summed E-state index contributed by atoms with van der Waals surface area (Å²) in [6.07, 6.45) is 2.06.